The molecule has 0 spiro atoms. The third-order valence-corrected chi connectivity index (χ3v) is 5.29. The van der Waals surface area contributed by atoms with Gasteiger partial charge in [0.15, 0.2) is 11.3 Å². The largest absolute Gasteiger partial charge is 0.489 e. The molecule has 0 radical (unpaired) electrons. The Labute approximate surface area is 175 Å². The summed E-state index contributed by atoms with van der Waals surface area (Å²) in [6, 6.07) is 6.33. The van der Waals surface area contributed by atoms with E-state index < -0.39 is 11.8 Å². The number of aromatic carboxylic acids is 1. The first-order chi connectivity index (χ1) is 13.8. The maximum absolute atomic E-state index is 14.2. The van der Waals surface area contributed by atoms with Crippen molar-refractivity contribution in [3.63, 3.8) is 0 Å². The minimum atomic E-state index is -1.12. The molecule has 1 atom stereocenters. The molecule has 0 aliphatic carbocycles. The van der Waals surface area contributed by atoms with Gasteiger partial charge < -0.3 is 20.5 Å². The zero-order valence-corrected chi connectivity index (χ0v) is 17.6. The normalized spacial score (nSPS) is 12.2. The first-order valence-electron chi connectivity index (χ1n) is 9.02. The van der Waals surface area contributed by atoms with Crippen LogP contribution in [-0.4, -0.2) is 44.9 Å². The lowest BCUT2D eigenvalue weighted by atomic mass is 10.1. The fourth-order valence-electron chi connectivity index (χ4n) is 2.82. The number of benzene rings is 1. The predicted molar refractivity (Wildman–Crippen MR) is 110 cm³/mol. The minimum Gasteiger partial charge on any atom is -0.489 e. The van der Waals surface area contributed by atoms with Crippen LogP contribution in [0.1, 0.15) is 29.9 Å². The van der Waals surface area contributed by atoms with Crippen molar-refractivity contribution in [2.45, 2.75) is 26.5 Å². The summed E-state index contributed by atoms with van der Waals surface area (Å²) in [6.45, 7) is 4.92. The van der Waals surface area contributed by atoms with Crippen molar-refractivity contribution in [3.8, 4) is 5.75 Å². The molecule has 1 aromatic carbocycles. The highest BCUT2D eigenvalue weighted by Gasteiger charge is 2.19. The zero-order valence-electron chi connectivity index (χ0n) is 16.0. The minimum absolute atomic E-state index is 0.0365. The molecule has 10 heteroatoms. The van der Waals surface area contributed by atoms with Gasteiger partial charge in [0, 0.05) is 25.2 Å². The van der Waals surface area contributed by atoms with E-state index in [0.717, 1.165) is 0 Å². The molecular formula is C19H21BrFN5O3. The van der Waals surface area contributed by atoms with Gasteiger partial charge in [0.25, 0.3) is 0 Å². The molecule has 0 fully saturated rings. The standard InChI is InChI=1S/C19H21BrFN5O3/c1-3-25(17-7-6-16-23-9-14(19(27)28)26(16)24-17)10-12-15(29-11(2)8-22)5-4-13(21)18(12)20/h4-7,9,11H,3,8,10,22H2,1-2H3,(H,27,28)/t11-/m0/s1. The molecule has 0 saturated carbocycles. The number of halogens is 2. The SMILES string of the molecule is CCN(Cc1c(O[C@@H](C)CN)ccc(F)c1Br)c1ccc2ncc(C(=O)O)n2n1. The van der Waals surface area contributed by atoms with E-state index in [0.29, 0.717) is 40.3 Å². The van der Waals surface area contributed by atoms with Gasteiger partial charge in [-0.2, -0.15) is 0 Å². The average molecular weight is 466 g/mol. The van der Waals surface area contributed by atoms with Crippen LogP contribution in [0.4, 0.5) is 10.2 Å². The molecule has 3 rings (SSSR count). The zero-order chi connectivity index (χ0) is 21.1. The molecule has 2 heterocycles. The van der Waals surface area contributed by atoms with E-state index in [2.05, 4.69) is 26.0 Å². The number of fused-ring (bicyclic) bond motifs is 1. The first kappa shape index (κ1) is 21.0. The number of anilines is 1. The van der Waals surface area contributed by atoms with Gasteiger partial charge in [-0.05, 0) is 54.0 Å². The highest BCUT2D eigenvalue weighted by atomic mass is 79.9. The Bertz CT molecular complexity index is 1040. The molecule has 3 N–H and O–H groups in total. The van der Waals surface area contributed by atoms with Gasteiger partial charge in [-0.25, -0.2) is 18.7 Å². The van der Waals surface area contributed by atoms with Crippen LogP contribution in [0.3, 0.4) is 0 Å². The van der Waals surface area contributed by atoms with E-state index in [1.165, 1.54) is 16.8 Å². The summed E-state index contributed by atoms with van der Waals surface area (Å²) < 4.78 is 21.6. The topological polar surface area (TPSA) is 106 Å². The summed E-state index contributed by atoms with van der Waals surface area (Å²) in [5.74, 6) is -0.487. The summed E-state index contributed by atoms with van der Waals surface area (Å²) in [6.07, 6.45) is 1.02. The summed E-state index contributed by atoms with van der Waals surface area (Å²) in [7, 11) is 0. The number of nitrogens with two attached hydrogens (primary N) is 1. The first-order valence-corrected chi connectivity index (χ1v) is 9.81. The lowest BCUT2D eigenvalue weighted by Gasteiger charge is -2.25. The monoisotopic (exact) mass is 465 g/mol. The maximum atomic E-state index is 14.2. The van der Waals surface area contributed by atoms with E-state index in [9.17, 15) is 14.3 Å². The summed E-state index contributed by atoms with van der Waals surface area (Å²) in [5, 5.41) is 13.7. The number of aromatic nitrogens is 3. The number of carboxylic acids is 1. The summed E-state index contributed by atoms with van der Waals surface area (Å²) in [4.78, 5) is 17.3. The number of rotatable bonds is 8. The lowest BCUT2D eigenvalue weighted by molar-refractivity contribution is 0.0688. The Morgan fingerprint density at radius 3 is 2.83 bits per heavy atom. The van der Waals surface area contributed by atoms with Crippen molar-refractivity contribution < 1.29 is 19.0 Å². The van der Waals surface area contributed by atoms with Crippen molar-refractivity contribution in [1.29, 1.82) is 0 Å². The van der Waals surface area contributed by atoms with Crippen molar-refractivity contribution in [3.05, 3.63) is 52.0 Å². The van der Waals surface area contributed by atoms with Crippen LogP contribution in [-0.2, 0) is 6.54 Å². The number of hydrogen-bond donors (Lipinski definition) is 2. The molecule has 29 heavy (non-hydrogen) atoms. The number of carboxylic acid groups (broad SMARTS) is 1. The number of imidazole rings is 1. The van der Waals surface area contributed by atoms with Gasteiger partial charge in [0.05, 0.1) is 10.7 Å². The Hall–Kier alpha value is -2.72. The van der Waals surface area contributed by atoms with Crippen LogP contribution in [0, 0.1) is 5.82 Å². The second-order valence-corrected chi connectivity index (χ2v) is 7.22. The molecule has 0 unspecified atom stereocenters. The van der Waals surface area contributed by atoms with Gasteiger partial charge in [-0.15, -0.1) is 5.10 Å². The smallest absolute Gasteiger partial charge is 0.356 e. The average Bonchev–Trinajstić information content (AvgIpc) is 3.14. The van der Waals surface area contributed by atoms with Gasteiger partial charge >= 0.3 is 5.97 Å². The van der Waals surface area contributed by atoms with Gasteiger partial charge in [-0.3, -0.25) is 0 Å². The molecule has 8 nitrogen and oxygen atoms in total. The Balaban J connectivity index is 2.00. The number of ether oxygens (including phenoxy) is 1. The lowest BCUT2D eigenvalue weighted by Crippen LogP contribution is -2.27. The van der Waals surface area contributed by atoms with E-state index >= 15 is 0 Å². The number of nitrogens with zero attached hydrogens (tertiary/aromatic N) is 4. The molecule has 0 bridgehead atoms. The predicted octanol–water partition coefficient (Wildman–Crippen LogP) is 3.08. The number of hydrogen-bond acceptors (Lipinski definition) is 6. The second-order valence-electron chi connectivity index (χ2n) is 6.43. The fourth-order valence-corrected chi connectivity index (χ4v) is 3.27. The van der Waals surface area contributed by atoms with E-state index in [4.69, 9.17) is 10.5 Å². The van der Waals surface area contributed by atoms with Crippen LogP contribution in [0.5, 0.6) is 5.75 Å². The van der Waals surface area contributed by atoms with Crippen LogP contribution in [0.2, 0.25) is 0 Å². The number of carbonyl (C=O) groups is 1. The van der Waals surface area contributed by atoms with Crippen LogP contribution in [0.15, 0.2) is 34.9 Å². The third kappa shape index (κ3) is 4.33. The van der Waals surface area contributed by atoms with E-state index in [1.807, 2.05) is 18.7 Å². The second kappa shape index (κ2) is 8.75. The summed E-state index contributed by atoms with van der Waals surface area (Å²) >= 11 is 3.31. The van der Waals surface area contributed by atoms with Crippen molar-refractivity contribution >= 4 is 33.4 Å². The fraction of sp³-hybridized carbons (Fsp3) is 0.316. The van der Waals surface area contributed by atoms with Gasteiger partial charge in [-0.1, -0.05) is 0 Å². The molecule has 2 aromatic heterocycles. The molecule has 154 valence electrons. The van der Waals surface area contributed by atoms with Crippen molar-refractivity contribution in [1.82, 2.24) is 14.6 Å². The van der Waals surface area contributed by atoms with Crippen LogP contribution >= 0.6 is 15.9 Å². The van der Waals surface area contributed by atoms with E-state index in [-0.39, 0.29) is 18.3 Å². The summed E-state index contributed by atoms with van der Waals surface area (Å²) in [5.41, 5.74) is 6.65. The third-order valence-electron chi connectivity index (χ3n) is 4.44. The quantitative estimate of drug-likeness (QED) is 0.526. The molecule has 0 saturated heterocycles. The van der Waals surface area contributed by atoms with Crippen molar-refractivity contribution in [2.24, 2.45) is 5.73 Å². The van der Waals surface area contributed by atoms with Gasteiger partial charge in [0.2, 0.25) is 0 Å². The Morgan fingerprint density at radius 1 is 1.41 bits per heavy atom. The van der Waals surface area contributed by atoms with E-state index in [1.54, 1.807) is 18.2 Å². The molecule has 0 aliphatic heterocycles. The van der Waals surface area contributed by atoms with Crippen molar-refractivity contribution in [2.75, 3.05) is 18.0 Å². The maximum Gasteiger partial charge on any atom is 0.356 e. The Morgan fingerprint density at radius 2 is 2.17 bits per heavy atom. The van der Waals surface area contributed by atoms with Crippen LogP contribution < -0.4 is 15.4 Å². The highest BCUT2D eigenvalue weighted by Crippen LogP contribution is 2.32. The molecule has 3 aromatic rings. The van der Waals surface area contributed by atoms with Gasteiger partial charge in [0.1, 0.15) is 23.5 Å². The molecule has 0 amide bonds. The molecule has 0 aliphatic rings. The molecular weight excluding hydrogens is 445 g/mol. The Kier molecular flexibility index (Phi) is 6.33. The highest BCUT2D eigenvalue weighted by molar-refractivity contribution is 9.10. The van der Waals surface area contributed by atoms with Crippen LogP contribution in [0.25, 0.3) is 5.65 Å².